The Labute approximate surface area is 171 Å². The average Bonchev–Trinajstić information content (AvgIpc) is 2.67. The molecule has 152 valence electrons. The van der Waals surface area contributed by atoms with Crippen LogP contribution in [0.25, 0.3) is 0 Å². The molecule has 5 heteroatoms. The zero-order valence-corrected chi connectivity index (χ0v) is 18.0. The van der Waals surface area contributed by atoms with E-state index in [0.29, 0.717) is 11.7 Å². The van der Waals surface area contributed by atoms with Crippen LogP contribution < -0.4 is 15.5 Å². The van der Waals surface area contributed by atoms with Crippen molar-refractivity contribution in [2.45, 2.75) is 78.1 Å². The SMILES string of the molecule is CCCCCCCCCCCCNC(=S)NN=Cc1ccccc1OCC. The molecule has 0 aliphatic rings. The molecule has 0 atom stereocenters. The molecule has 0 fully saturated rings. The van der Waals surface area contributed by atoms with Crippen molar-refractivity contribution in [1.82, 2.24) is 10.7 Å². The van der Waals surface area contributed by atoms with Crippen LogP contribution in [-0.4, -0.2) is 24.5 Å². The summed E-state index contributed by atoms with van der Waals surface area (Å²) in [7, 11) is 0. The number of unbranched alkanes of at least 4 members (excludes halogenated alkanes) is 9. The van der Waals surface area contributed by atoms with Gasteiger partial charge in [-0.1, -0.05) is 76.8 Å². The van der Waals surface area contributed by atoms with Gasteiger partial charge in [-0.15, -0.1) is 0 Å². The van der Waals surface area contributed by atoms with Gasteiger partial charge >= 0.3 is 0 Å². The van der Waals surface area contributed by atoms with E-state index in [9.17, 15) is 0 Å². The summed E-state index contributed by atoms with van der Waals surface area (Å²) in [5, 5.41) is 7.97. The highest BCUT2D eigenvalue weighted by Gasteiger charge is 1.99. The molecule has 0 bridgehead atoms. The van der Waals surface area contributed by atoms with Crippen LogP contribution in [0.4, 0.5) is 0 Å². The third kappa shape index (κ3) is 12.4. The molecule has 1 aromatic carbocycles. The highest BCUT2D eigenvalue weighted by atomic mass is 32.1. The van der Waals surface area contributed by atoms with Crippen molar-refractivity contribution in [3.63, 3.8) is 0 Å². The van der Waals surface area contributed by atoms with Crippen molar-refractivity contribution in [3.8, 4) is 5.75 Å². The molecule has 0 saturated carbocycles. The summed E-state index contributed by atoms with van der Waals surface area (Å²) < 4.78 is 5.57. The van der Waals surface area contributed by atoms with Gasteiger partial charge in [0, 0.05) is 12.1 Å². The maximum Gasteiger partial charge on any atom is 0.186 e. The molecular formula is C22H37N3OS. The highest BCUT2D eigenvalue weighted by Crippen LogP contribution is 2.15. The van der Waals surface area contributed by atoms with Crippen molar-refractivity contribution in [2.24, 2.45) is 5.10 Å². The number of rotatable bonds is 15. The van der Waals surface area contributed by atoms with E-state index in [-0.39, 0.29) is 0 Å². The van der Waals surface area contributed by atoms with Gasteiger partial charge in [-0.3, -0.25) is 5.43 Å². The summed E-state index contributed by atoms with van der Waals surface area (Å²) in [6.45, 7) is 5.77. The normalized spacial score (nSPS) is 10.9. The van der Waals surface area contributed by atoms with Crippen LogP contribution in [0.2, 0.25) is 0 Å². The number of nitrogens with one attached hydrogen (secondary N) is 2. The molecule has 0 amide bonds. The first kappa shape index (κ1) is 23.4. The summed E-state index contributed by atoms with van der Waals surface area (Å²) in [5.74, 6) is 0.829. The van der Waals surface area contributed by atoms with Crippen LogP contribution in [0.1, 0.15) is 83.6 Å². The number of hydrazone groups is 1. The molecule has 27 heavy (non-hydrogen) atoms. The molecule has 4 nitrogen and oxygen atoms in total. The monoisotopic (exact) mass is 391 g/mol. The minimum Gasteiger partial charge on any atom is -0.493 e. The fourth-order valence-electron chi connectivity index (χ4n) is 2.89. The van der Waals surface area contributed by atoms with Gasteiger partial charge < -0.3 is 10.1 Å². The lowest BCUT2D eigenvalue weighted by Gasteiger charge is -2.08. The Balaban J connectivity index is 2.03. The lowest BCUT2D eigenvalue weighted by Crippen LogP contribution is -2.32. The molecule has 0 aromatic heterocycles. The fraction of sp³-hybridized carbons (Fsp3) is 0.636. The van der Waals surface area contributed by atoms with E-state index in [4.69, 9.17) is 17.0 Å². The highest BCUT2D eigenvalue weighted by molar-refractivity contribution is 7.80. The van der Waals surface area contributed by atoms with Gasteiger partial charge in [0.1, 0.15) is 5.75 Å². The van der Waals surface area contributed by atoms with Crippen molar-refractivity contribution in [2.75, 3.05) is 13.2 Å². The van der Waals surface area contributed by atoms with E-state index in [0.717, 1.165) is 24.3 Å². The van der Waals surface area contributed by atoms with Crippen LogP contribution in [0.3, 0.4) is 0 Å². The van der Waals surface area contributed by atoms with Crippen molar-refractivity contribution in [3.05, 3.63) is 29.8 Å². The average molecular weight is 392 g/mol. The van der Waals surface area contributed by atoms with Crippen molar-refractivity contribution >= 4 is 23.5 Å². The van der Waals surface area contributed by atoms with Gasteiger partial charge in [0.2, 0.25) is 0 Å². The number of hydrogen-bond acceptors (Lipinski definition) is 3. The first-order chi connectivity index (χ1) is 13.3. The summed E-state index contributed by atoms with van der Waals surface area (Å²) >= 11 is 5.26. The summed E-state index contributed by atoms with van der Waals surface area (Å²) in [6.07, 6.45) is 15.1. The van der Waals surface area contributed by atoms with Crippen LogP contribution in [0.15, 0.2) is 29.4 Å². The van der Waals surface area contributed by atoms with E-state index >= 15 is 0 Å². The van der Waals surface area contributed by atoms with Crippen LogP contribution in [-0.2, 0) is 0 Å². The number of hydrogen-bond donors (Lipinski definition) is 2. The van der Waals surface area contributed by atoms with Crippen LogP contribution in [0, 0.1) is 0 Å². The molecule has 0 spiro atoms. The number of para-hydroxylation sites is 1. The molecule has 0 aliphatic heterocycles. The van der Waals surface area contributed by atoms with Gasteiger partial charge in [0.15, 0.2) is 5.11 Å². The minimum absolute atomic E-state index is 0.566. The van der Waals surface area contributed by atoms with Gasteiger partial charge in [-0.05, 0) is 37.7 Å². The topological polar surface area (TPSA) is 45.7 Å². The molecule has 1 aromatic rings. The van der Waals surface area contributed by atoms with E-state index < -0.39 is 0 Å². The largest absolute Gasteiger partial charge is 0.493 e. The number of thiocarbonyl (C=S) groups is 1. The minimum atomic E-state index is 0.566. The Kier molecular flexibility index (Phi) is 14.4. The van der Waals surface area contributed by atoms with Crippen molar-refractivity contribution in [1.29, 1.82) is 0 Å². The Morgan fingerprint density at radius 1 is 0.963 bits per heavy atom. The molecule has 0 unspecified atom stereocenters. The predicted molar refractivity (Wildman–Crippen MR) is 121 cm³/mol. The quantitative estimate of drug-likeness (QED) is 0.171. The zero-order chi connectivity index (χ0) is 19.6. The first-order valence-corrected chi connectivity index (χ1v) is 11.0. The first-order valence-electron chi connectivity index (χ1n) is 10.6. The lowest BCUT2D eigenvalue weighted by atomic mass is 10.1. The van der Waals surface area contributed by atoms with Gasteiger partial charge in [-0.2, -0.15) is 5.10 Å². The molecule has 0 heterocycles. The fourth-order valence-corrected chi connectivity index (χ4v) is 3.04. The molecule has 0 aliphatic carbocycles. The Bertz CT molecular complexity index is 534. The van der Waals surface area contributed by atoms with Gasteiger partial charge in [0.05, 0.1) is 12.8 Å². The lowest BCUT2D eigenvalue weighted by molar-refractivity contribution is 0.340. The second kappa shape index (κ2) is 16.5. The Morgan fingerprint density at radius 2 is 1.59 bits per heavy atom. The standard InChI is InChI=1S/C22H37N3OS/c1-3-5-6-7-8-9-10-11-12-15-18-23-22(27)25-24-19-20-16-13-14-17-21(20)26-4-2/h13-14,16-17,19H,3-12,15,18H2,1-2H3,(H2,23,25,27). The molecular weight excluding hydrogens is 354 g/mol. The number of ether oxygens (including phenoxy) is 1. The Hall–Kier alpha value is -1.62. The molecule has 2 N–H and O–H groups in total. The molecule has 0 radical (unpaired) electrons. The van der Waals surface area contributed by atoms with E-state index in [2.05, 4.69) is 22.8 Å². The third-order valence-electron chi connectivity index (χ3n) is 4.40. The second-order valence-corrected chi connectivity index (χ2v) is 7.19. The number of nitrogens with zero attached hydrogens (tertiary/aromatic N) is 1. The maximum atomic E-state index is 5.57. The van der Waals surface area contributed by atoms with Crippen LogP contribution in [0.5, 0.6) is 5.75 Å². The number of benzene rings is 1. The van der Waals surface area contributed by atoms with E-state index in [1.165, 1.54) is 57.8 Å². The smallest absolute Gasteiger partial charge is 0.186 e. The Morgan fingerprint density at radius 3 is 2.26 bits per heavy atom. The summed E-state index contributed by atoms with van der Waals surface area (Å²) in [5.41, 5.74) is 3.80. The van der Waals surface area contributed by atoms with Gasteiger partial charge in [0.25, 0.3) is 0 Å². The maximum absolute atomic E-state index is 5.57. The van der Waals surface area contributed by atoms with Crippen LogP contribution >= 0.6 is 12.2 Å². The second-order valence-electron chi connectivity index (χ2n) is 6.78. The van der Waals surface area contributed by atoms with E-state index in [1.54, 1.807) is 6.21 Å². The summed E-state index contributed by atoms with van der Waals surface area (Å²) in [4.78, 5) is 0. The van der Waals surface area contributed by atoms with Crippen molar-refractivity contribution < 1.29 is 4.74 Å². The van der Waals surface area contributed by atoms with Gasteiger partial charge in [-0.25, -0.2) is 0 Å². The summed E-state index contributed by atoms with van der Waals surface area (Å²) in [6, 6.07) is 7.82. The third-order valence-corrected chi connectivity index (χ3v) is 4.64. The predicted octanol–water partition coefficient (Wildman–Crippen LogP) is 5.80. The molecule has 1 rings (SSSR count). The van der Waals surface area contributed by atoms with E-state index in [1.807, 2.05) is 31.2 Å². The molecule has 0 saturated heterocycles. The zero-order valence-electron chi connectivity index (χ0n) is 17.1.